The van der Waals surface area contributed by atoms with Crippen LogP contribution in [-0.4, -0.2) is 41.5 Å². The third-order valence-corrected chi connectivity index (χ3v) is 4.88. The molecule has 0 bridgehead atoms. The van der Waals surface area contributed by atoms with Gasteiger partial charge in [-0.3, -0.25) is 19.3 Å². The Morgan fingerprint density at radius 1 is 1.04 bits per heavy atom. The summed E-state index contributed by atoms with van der Waals surface area (Å²) in [6.45, 7) is 2.08. The average Bonchev–Trinajstić information content (AvgIpc) is 2.84. The molecule has 0 saturated heterocycles. The third-order valence-electron chi connectivity index (χ3n) is 3.86. The van der Waals surface area contributed by atoms with Gasteiger partial charge >= 0.3 is 0 Å². The Balaban J connectivity index is 1.50. The third kappa shape index (κ3) is 3.91. The highest BCUT2D eigenvalue weighted by molar-refractivity contribution is 7.99. The van der Waals surface area contributed by atoms with E-state index in [0.717, 1.165) is 21.1 Å². The van der Waals surface area contributed by atoms with Crippen molar-refractivity contribution in [3.63, 3.8) is 0 Å². The highest BCUT2D eigenvalue weighted by Crippen LogP contribution is 2.23. The lowest BCUT2D eigenvalue weighted by Crippen LogP contribution is -2.40. The number of nitrogens with zero attached hydrogens (tertiary/aromatic N) is 1. The molecule has 1 aliphatic rings. The van der Waals surface area contributed by atoms with Gasteiger partial charge in [-0.2, -0.15) is 0 Å². The Morgan fingerprint density at radius 2 is 1.76 bits per heavy atom. The van der Waals surface area contributed by atoms with Crippen molar-refractivity contribution in [2.75, 3.05) is 18.8 Å². The molecule has 0 unspecified atom stereocenters. The zero-order valence-corrected chi connectivity index (χ0v) is 14.6. The Bertz CT molecular complexity index is 821. The van der Waals surface area contributed by atoms with Gasteiger partial charge in [-0.05, 0) is 31.2 Å². The molecule has 5 nitrogen and oxygen atoms in total. The molecule has 1 aliphatic heterocycles. The molecule has 0 aromatic heterocycles. The van der Waals surface area contributed by atoms with Gasteiger partial charge < -0.3 is 5.32 Å². The summed E-state index contributed by atoms with van der Waals surface area (Å²) in [7, 11) is 0. The number of fused-ring (bicyclic) bond motifs is 1. The van der Waals surface area contributed by atoms with Crippen LogP contribution < -0.4 is 5.32 Å². The molecule has 1 heterocycles. The number of nitrogens with one attached hydrogen (secondary N) is 1. The average molecular weight is 354 g/mol. The molecule has 0 atom stereocenters. The molecule has 3 amide bonds. The molecule has 0 radical (unpaired) electrons. The zero-order chi connectivity index (χ0) is 17.8. The van der Waals surface area contributed by atoms with Crippen LogP contribution in [0.1, 0.15) is 26.3 Å². The molecule has 6 heteroatoms. The number of carbonyl (C=O) groups is 3. The van der Waals surface area contributed by atoms with Crippen LogP contribution in [0.4, 0.5) is 0 Å². The normalized spacial score (nSPS) is 13.1. The van der Waals surface area contributed by atoms with Crippen molar-refractivity contribution in [3.8, 4) is 0 Å². The zero-order valence-electron chi connectivity index (χ0n) is 13.8. The van der Waals surface area contributed by atoms with Crippen LogP contribution in [0.5, 0.6) is 0 Å². The van der Waals surface area contributed by atoms with E-state index in [9.17, 15) is 14.4 Å². The summed E-state index contributed by atoms with van der Waals surface area (Å²) in [5, 5.41) is 2.75. The summed E-state index contributed by atoms with van der Waals surface area (Å²) in [6.07, 6.45) is 0. The maximum Gasteiger partial charge on any atom is 0.262 e. The number of carbonyl (C=O) groups excluding carboxylic acids is 3. The SMILES string of the molecule is Cc1ccc2c(c1)C(=O)N(CC(=O)NCCSc1ccccc1)C2=O. The van der Waals surface area contributed by atoms with Gasteiger partial charge in [-0.25, -0.2) is 0 Å². The number of aryl methyl sites for hydroxylation is 1. The van der Waals surface area contributed by atoms with Crippen molar-refractivity contribution in [3.05, 3.63) is 65.2 Å². The smallest absolute Gasteiger partial charge is 0.262 e. The first-order chi connectivity index (χ1) is 12.1. The fourth-order valence-corrected chi connectivity index (χ4v) is 3.41. The van der Waals surface area contributed by atoms with Gasteiger partial charge in [0.2, 0.25) is 5.91 Å². The van der Waals surface area contributed by atoms with Gasteiger partial charge in [0.05, 0.1) is 11.1 Å². The molecule has 2 aromatic rings. The maximum atomic E-state index is 12.3. The van der Waals surface area contributed by atoms with Gasteiger partial charge in [0.1, 0.15) is 6.54 Å². The van der Waals surface area contributed by atoms with E-state index in [1.165, 1.54) is 0 Å². The second-order valence-electron chi connectivity index (χ2n) is 5.76. The summed E-state index contributed by atoms with van der Waals surface area (Å²) in [5.41, 5.74) is 1.64. The Morgan fingerprint density at radius 3 is 2.52 bits per heavy atom. The second kappa shape index (κ2) is 7.53. The molecule has 3 rings (SSSR count). The highest BCUT2D eigenvalue weighted by atomic mass is 32.2. The molecule has 0 aliphatic carbocycles. The number of benzene rings is 2. The van der Waals surface area contributed by atoms with Crippen LogP contribution in [-0.2, 0) is 4.79 Å². The summed E-state index contributed by atoms with van der Waals surface area (Å²) in [4.78, 5) is 38.8. The van der Waals surface area contributed by atoms with Crippen LogP contribution in [0.2, 0.25) is 0 Å². The minimum atomic E-state index is -0.409. The predicted molar refractivity (Wildman–Crippen MR) is 96.7 cm³/mol. The van der Waals surface area contributed by atoms with E-state index in [-0.39, 0.29) is 12.5 Å². The van der Waals surface area contributed by atoms with E-state index in [4.69, 9.17) is 0 Å². The van der Waals surface area contributed by atoms with Crippen molar-refractivity contribution in [2.45, 2.75) is 11.8 Å². The molecule has 0 fully saturated rings. The Hall–Kier alpha value is -2.60. The van der Waals surface area contributed by atoms with Crippen LogP contribution in [0.3, 0.4) is 0 Å². The van der Waals surface area contributed by atoms with E-state index >= 15 is 0 Å². The number of amides is 3. The first kappa shape index (κ1) is 17.2. The van der Waals surface area contributed by atoms with Crippen molar-refractivity contribution >= 4 is 29.5 Å². The monoisotopic (exact) mass is 354 g/mol. The Labute approximate surface area is 150 Å². The van der Waals surface area contributed by atoms with Crippen molar-refractivity contribution in [1.29, 1.82) is 0 Å². The van der Waals surface area contributed by atoms with Gasteiger partial charge in [0.25, 0.3) is 11.8 Å². The van der Waals surface area contributed by atoms with Gasteiger partial charge in [-0.1, -0.05) is 29.8 Å². The number of thioether (sulfide) groups is 1. The van der Waals surface area contributed by atoms with Gasteiger partial charge in [0, 0.05) is 17.2 Å². The summed E-state index contributed by atoms with van der Waals surface area (Å²) < 4.78 is 0. The maximum absolute atomic E-state index is 12.3. The molecule has 25 heavy (non-hydrogen) atoms. The largest absolute Gasteiger partial charge is 0.354 e. The van der Waals surface area contributed by atoms with Crippen LogP contribution in [0, 0.1) is 6.92 Å². The first-order valence-corrected chi connectivity index (χ1v) is 8.96. The lowest BCUT2D eigenvalue weighted by molar-refractivity contribution is -0.121. The molecular formula is C19H18N2O3S. The molecular weight excluding hydrogens is 336 g/mol. The van der Waals surface area contributed by atoms with Crippen LogP contribution >= 0.6 is 11.8 Å². The van der Waals surface area contributed by atoms with E-state index in [0.29, 0.717) is 17.7 Å². The summed E-state index contributed by atoms with van der Waals surface area (Å²) >= 11 is 1.64. The number of hydrogen-bond acceptors (Lipinski definition) is 4. The fourth-order valence-electron chi connectivity index (χ4n) is 2.62. The molecule has 128 valence electrons. The highest BCUT2D eigenvalue weighted by Gasteiger charge is 2.36. The van der Waals surface area contributed by atoms with Crippen LogP contribution in [0.25, 0.3) is 0 Å². The number of imide groups is 1. The lowest BCUT2D eigenvalue weighted by atomic mass is 10.1. The lowest BCUT2D eigenvalue weighted by Gasteiger charge is -2.13. The summed E-state index contributed by atoms with van der Waals surface area (Å²) in [5.74, 6) is -0.428. The predicted octanol–water partition coefficient (Wildman–Crippen LogP) is 2.50. The standard InChI is InChI=1S/C19H18N2O3S/c1-13-7-8-15-16(11-13)19(24)21(18(15)23)12-17(22)20-9-10-25-14-5-3-2-4-6-14/h2-8,11H,9-10,12H2,1H3,(H,20,22). The summed E-state index contributed by atoms with van der Waals surface area (Å²) in [6, 6.07) is 15.0. The molecule has 1 N–H and O–H groups in total. The fraction of sp³-hybridized carbons (Fsp3) is 0.211. The van der Waals surface area contributed by atoms with Crippen molar-refractivity contribution in [1.82, 2.24) is 10.2 Å². The quantitative estimate of drug-likeness (QED) is 0.492. The first-order valence-electron chi connectivity index (χ1n) is 7.97. The Kier molecular flexibility index (Phi) is 5.19. The van der Waals surface area contributed by atoms with Gasteiger partial charge in [-0.15, -0.1) is 11.8 Å². The topological polar surface area (TPSA) is 66.5 Å². The van der Waals surface area contributed by atoms with E-state index in [2.05, 4.69) is 5.32 Å². The molecule has 0 spiro atoms. The molecule has 0 saturated carbocycles. The van der Waals surface area contributed by atoms with E-state index in [1.807, 2.05) is 37.3 Å². The van der Waals surface area contributed by atoms with E-state index < -0.39 is 11.8 Å². The number of rotatable bonds is 6. The minimum Gasteiger partial charge on any atom is -0.354 e. The second-order valence-corrected chi connectivity index (χ2v) is 6.93. The minimum absolute atomic E-state index is 0.249. The number of hydrogen-bond donors (Lipinski definition) is 1. The van der Waals surface area contributed by atoms with Gasteiger partial charge in [0.15, 0.2) is 0 Å². The van der Waals surface area contributed by atoms with Crippen LogP contribution in [0.15, 0.2) is 53.4 Å². The van der Waals surface area contributed by atoms with Crippen molar-refractivity contribution < 1.29 is 14.4 Å². The molecule has 2 aromatic carbocycles. The van der Waals surface area contributed by atoms with Crippen molar-refractivity contribution in [2.24, 2.45) is 0 Å². The van der Waals surface area contributed by atoms with E-state index in [1.54, 1.807) is 30.0 Å².